The Bertz CT molecular complexity index is 552. The summed E-state index contributed by atoms with van der Waals surface area (Å²) >= 11 is 0. The summed E-state index contributed by atoms with van der Waals surface area (Å²) in [6, 6.07) is 7.58. The minimum atomic E-state index is 0.371. The third-order valence-corrected chi connectivity index (χ3v) is 2.45. The highest BCUT2D eigenvalue weighted by molar-refractivity contribution is 5.84. The van der Waals surface area contributed by atoms with E-state index < -0.39 is 0 Å². The Morgan fingerprint density at radius 1 is 1.50 bits per heavy atom. The van der Waals surface area contributed by atoms with Crippen molar-refractivity contribution in [2.75, 3.05) is 6.61 Å². The number of hydrogen-bond acceptors (Lipinski definition) is 3. The van der Waals surface area contributed by atoms with Gasteiger partial charge >= 0.3 is 0 Å². The van der Waals surface area contributed by atoms with Gasteiger partial charge in [0, 0.05) is 23.5 Å². The number of benzene rings is 1. The molecule has 1 aromatic carbocycles. The van der Waals surface area contributed by atoms with Crippen LogP contribution in [0.15, 0.2) is 24.4 Å². The average Bonchev–Trinajstić information content (AvgIpc) is 2.72. The normalized spacial score (nSPS) is 9.94. The van der Waals surface area contributed by atoms with Gasteiger partial charge in [0.25, 0.3) is 6.47 Å². The van der Waals surface area contributed by atoms with E-state index in [0.29, 0.717) is 25.1 Å². The number of aromatic nitrogens is 1. The fourth-order valence-electron chi connectivity index (χ4n) is 1.68. The third kappa shape index (κ3) is 1.89. The zero-order valence-corrected chi connectivity index (χ0v) is 8.56. The van der Waals surface area contributed by atoms with Crippen LogP contribution in [0.4, 0.5) is 0 Å². The summed E-state index contributed by atoms with van der Waals surface area (Å²) in [5.41, 5.74) is 2.64. The van der Waals surface area contributed by atoms with E-state index in [1.807, 2.05) is 12.3 Å². The Hall–Kier alpha value is -2.28. The SMILES string of the molecule is N#Cc1ccc2c(CCOC=O)c[nH]c2c1. The molecule has 16 heavy (non-hydrogen) atoms. The van der Waals surface area contributed by atoms with Gasteiger partial charge in [-0.25, -0.2) is 0 Å². The second kappa shape index (κ2) is 4.49. The smallest absolute Gasteiger partial charge is 0.293 e. The van der Waals surface area contributed by atoms with E-state index >= 15 is 0 Å². The topological polar surface area (TPSA) is 65.9 Å². The van der Waals surface area contributed by atoms with Gasteiger partial charge in [-0.1, -0.05) is 6.07 Å². The number of rotatable bonds is 4. The molecule has 0 radical (unpaired) electrons. The first-order valence-electron chi connectivity index (χ1n) is 4.90. The van der Waals surface area contributed by atoms with E-state index in [9.17, 15) is 4.79 Å². The monoisotopic (exact) mass is 214 g/mol. The molecule has 2 aromatic rings. The minimum absolute atomic E-state index is 0.371. The molecule has 0 atom stereocenters. The molecule has 0 unspecified atom stereocenters. The molecule has 0 saturated heterocycles. The van der Waals surface area contributed by atoms with Crippen molar-refractivity contribution in [1.82, 2.24) is 4.98 Å². The number of carbonyl (C=O) groups excluding carboxylic acids is 1. The van der Waals surface area contributed by atoms with Crippen molar-refractivity contribution in [1.29, 1.82) is 5.26 Å². The van der Waals surface area contributed by atoms with Crippen LogP contribution in [0.2, 0.25) is 0 Å². The third-order valence-electron chi connectivity index (χ3n) is 2.45. The highest BCUT2D eigenvalue weighted by Gasteiger charge is 2.04. The van der Waals surface area contributed by atoms with Gasteiger partial charge < -0.3 is 9.72 Å². The van der Waals surface area contributed by atoms with Gasteiger partial charge in [0.05, 0.1) is 18.2 Å². The summed E-state index contributed by atoms with van der Waals surface area (Å²) in [5.74, 6) is 0. The first-order chi connectivity index (χ1) is 7.85. The maximum absolute atomic E-state index is 10.0. The molecule has 0 aliphatic heterocycles. The molecule has 1 N–H and O–H groups in total. The number of nitrogens with zero attached hydrogens (tertiary/aromatic N) is 1. The van der Waals surface area contributed by atoms with Crippen LogP contribution in [-0.4, -0.2) is 18.1 Å². The second-order valence-electron chi connectivity index (χ2n) is 3.40. The first kappa shape index (κ1) is 10.2. The van der Waals surface area contributed by atoms with E-state index in [1.165, 1.54) is 0 Å². The predicted octanol–water partition coefficient (Wildman–Crippen LogP) is 1.76. The molecule has 80 valence electrons. The van der Waals surface area contributed by atoms with Crippen molar-refractivity contribution >= 4 is 17.4 Å². The summed E-state index contributed by atoms with van der Waals surface area (Å²) in [6.07, 6.45) is 2.55. The Kier molecular flexibility index (Phi) is 2.88. The number of ether oxygens (including phenoxy) is 1. The van der Waals surface area contributed by atoms with Gasteiger partial charge in [-0.15, -0.1) is 0 Å². The molecular formula is C12H10N2O2. The summed E-state index contributed by atoms with van der Waals surface area (Å²) in [5, 5.41) is 9.82. The average molecular weight is 214 g/mol. The lowest BCUT2D eigenvalue weighted by molar-refractivity contribution is -0.128. The lowest BCUT2D eigenvalue weighted by Gasteiger charge is -1.98. The molecule has 0 amide bonds. The first-order valence-corrected chi connectivity index (χ1v) is 4.90. The number of carbonyl (C=O) groups is 1. The van der Waals surface area contributed by atoms with Crippen LogP contribution < -0.4 is 0 Å². The van der Waals surface area contributed by atoms with Crippen LogP contribution in [0.3, 0.4) is 0 Å². The van der Waals surface area contributed by atoms with Gasteiger partial charge in [0.2, 0.25) is 0 Å². The standard InChI is InChI=1S/C12H10N2O2/c13-6-9-1-2-11-10(3-4-16-8-15)7-14-12(11)5-9/h1-2,5,7-8,14H,3-4H2. The van der Waals surface area contributed by atoms with Crippen LogP contribution in [0.25, 0.3) is 10.9 Å². The number of H-pyrrole nitrogens is 1. The highest BCUT2D eigenvalue weighted by Crippen LogP contribution is 2.19. The molecule has 0 bridgehead atoms. The van der Waals surface area contributed by atoms with Crippen molar-refractivity contribution < 1.29 is 9.53 Å². The zero-order valence-electron chi connectivity index (χ0n) is 8.56. The van der Waals surface area contributed by atoms with Crippen molar-refractivity contribution in [3.05, 3.63) is 35.5 Å². The summed E-state index contributed by atoms with van der Waals surface area (Å²) in [4.78, 5) is 13.1. The summed E-state index contributed by atoms with van der Waals surface area (Å²) in [7, 11) is 0. The maximum Gasteiger partial charge on any atom is 0.293 e. The van der Waals surface area contributed by atoms with Crippen molar-refractivity contribution in [3.8, 4) is 6.07 Å². The molecule has 1 aromatic heterocycles. The Morgan fingerprint density at radius 3 is 3.12 bits per heavy atom. The van der Waals surface area contributed by atoms with E-state index in [-0.39, 0.29) is 0 Å². The molecule has 0 fully saturated rings. The Balaban J connectivity index is 2.28. The van der Waals surface area contributed by atoms with Crippen molar-refractivity contribution in [2.45, 2.75) is 6.42 Å². The molecule has 2 rings (SSSR count). The lowest BCUT2D eigenvalue weighted by Crippen LogP contribution is -1.95. The van der Waals surface area contributed by atoms with Crippen molar-refractivity contribution in [2.24, 2.45) is 0 Å². The van der Waals surface area contributed by atoms with Gasteiger partial charge in [-0.3, -0.25) is 4.79 Å². The lowest BCUT2D eigenvalue weighted by atomic mass is 10.1. The zero-order chi connectivity index (χ0) is 11.4. The molecular weight excluding hydrogens is 204 g/mol. The van der Waals surface area contributed by atoms with Gasteiger partial charge in [0.1, 0.15) is 0 Å². The molecule has 4 nitrogen and oxygen atoms in total. The number of hydrogen-bond donors (Lipinski definition) is 1. The van der Waals surface area contributed by atoms with E-state index in [0.717, 1.165) is 16.5 Å². The Morgan fingerprint density at radius 2 is 2.38 bits per heavy atom. The quantitative estimate of drug-likeness (QED) is 0.622. The van der Waals surface area contributed by atoms with Crippen LogP contribution >= 0.6 is 0 Å². The fourth-order valence-corrected chi connectivity index (χ4v) is 1.68. The highest BCUT2D eigenvalue weighted by atomic mass is 16.5. The van der Waals surface area contributed by atoms with E-state index in [4.69, 9.17) is 5.26 Å². The van der Waals surface area contributed by atoms with Gasteiger partial charge in [-0.05, 0) is 17.7 Å². The van der Waals surface area contributed by atoms with E-state index in [1.54, 1.807) is 12.1 Å². The predicted molar refractivity (Wildman–Crippen MR) is 58.7 cm³/mol. The minimum Gasteiger partial charge on any atom is -0.468 e. The van der Waals surface area contributed by atoms with Crippen LogP contribution in [0.5, 0.6) is 0 Å². The summed E-state index contributed by atoms with van der Waals surface area (Å²) in [6.45, 7) is 0.819. The molecule has 4 heteroatoms. The fraction of sp³-hybridized carbons (Fsp3) is 0.167. The second-order valence-corrected chi connectivity index (χ2v) is 3.40. The largest absolute Gasteiger partial charge is 0.468 e. The summed E-state index contributed by atoms with van der Waals surface area (Å²) < 4.78 is 4.65. The van der Waals surface area contributed by atoms with Crippen molar-refractivity contribution in [3.63, 3.8) is 0 Å². The number of fused-ring (bicyclic) bond motifs is 1. The molecule has 0 aliphatic carbocycles. The number of nitrogens with one attached hydrogen (secondary N) is 1. The van der Waals surface area contributed by atoms with Crippen LogP contribution in [-0.2, 0) is 16.0 Å². The molecule has 1 heterocycles. The number of nitriles is 1. The number of aromatic amines is 1. The van der Waals surface area contributed by atoms with Crippen LogP contribution in [0.1, 0.15) is 11.1 Å². The maximum atomic E-state index is 10.0. The molecule has 0 aliphatic rings. The Labute approximate surface area is 92.4 Å². The van der Waals surface area contributed by atoms with Gasteiger partial charge in [0.15, 0.2) is 0 Å². The molecule has 0 spiro atoms. The van der Waals surface area contributed by atoms with E-state index in [2.05, 4.69) is 15.8 Å². The van der Waals surface area contributed by atoms with Gasteiger partial charge in [-0.2, -0.15) is 5.26 Å². The molecule has 0 saturated carbocycles. The van der Waals surface area contributed by atoms with Crippen LogP contribution in [0, 0.1) is 11.3 Å².